The first kappa shape index (κ1) is 92.3. The maximum absolute atomic E-state index is 15.1. The molecule has 0 aliphatic heterocycles. The van der Waals surface area contributed by atoms with Crippen molar-refractivity contribution in [3.05, 3.63) is 259 Å². The standard InChI is InChI=1S/C80H58N16O30S8/c1-95-55-25-23-49(63-65(55)61(45-19-3-5-21-47(45)71(63)99)67(73(95)101)69(97)37-11-7-15-41(29-37)127(103,104)105)85-51-33-53(59(133(121,122)123)35-57(51)131(115,116)117)87-79-91-75(89-77(93-79)83-39-13-9-17-43(31-39)129(109,110)111)81-27-28-82-76-90-78(84-40-14-10-18-44(32-40)130(112,113)114)94-80(92-76)88-54-34-52(58(132(118,119)120)36-60(54)134(124,125)126)86-50-24-26-56-66-62(46-20-4-6-22-48(46)72(100)64(50)66)68(74(102)96(56)2)70(98)38-12-8-16-42(30-38)128(106,107)108/h3-26,29-36,85-86H,27-28H2,1-2H3,(H,103,104,105)(H,106,107,108)(H,109,110,111)(H,112,113,114)(H,115,116,117)(H,118,119,120)(H,121,122,123)(H,124,125,126)(H3,81,83,87,89,91,93)(H3,82,84,88,90,92,94). The molecule has 134 heavy (non-hydrogen) atoms. The second-order valence-corrected chi connectivity index (χ2v) is 40.5. The molecule has 4 aromatic heterocycles. The van der Waals surface area contributed by atoms with Gasteiger partial charge in [0.25, 0.3) is 92.1 Å². The molecule has 0 amide bonds. The fourth-order valence-corrected chi connectivity index (χ4v) is 19.8. The molecular formula is C80H58N16O30S8. The molecule has 2 aliphatic carbocycles. The lowest BCUT2D eigenvalue weighted by molar-refractivity contribution is 0.102. The Balaban J connectivity index is 0.767. The van der Waals surface area contributed by atoms with Gasteiger partial charge in [0.15, 0.2) is 23.1 Å². The van der Waals surface area contributed by atoms with Crippen molar-refractivity contribution >= 4 is 207 Å². The number of carbonyl (C=O) groups is 4. The fourth-order valence-electron chi connectivity index (χ4n) is 15.0. The normalized spacial score (nSPS) is 12.8. The Morgan fingerprint density at radius 2 is 0.582 bits per heavy atom. The average Bonchev–Trinajstić information content (AvgIpc) is 0.707. The van der Waals surface area contributed by atoms with Crippen LogP contribution in [-0.4, -0.2) is 179 Å². The molecule has 16 rings (SSSR count). The Morgan fingerprint density at radius 1 is 0.291 bits per heavy atom. The Hall–Kier alpha value is -15.0. The van der Waals surface area contributed by atoms with Gasteiger partial charge in [0, 0.05) is 82.7 Å². The number of rotatable bonds is 29. The maximum atomic E-state index is 15.1. The zero-order chi connectivity index (χ0) is 96.5. The minimum atomic E-state index is -5.70. The summed E-state index contributed by atoms with van der Waals surface area (Å²) in [4.78, 5) is 106. The number of nitrogens with zero attached hydrogens (tertiary/aromatic N) is 8. The Kier molecular flexibility index (Phi) is 23.2. The van der Waals surface area contributed by atoms with E-state index in [1.807, 2.05) is 0 Å². The minimum Gasteiger partial charge on any atom is -0.354 e. The van der Waals surface area contributed by atoms with E-state index < -0.39 is 259 Å². The van der Waals surface area contributed by atoms with Crippen LogP contribution in [0.3, 0.4) is 0 Å². The number of pyridine rings is 2. The van der Waals surface area contributed by atoms with Crippen molar-refractivity contribution in [2.45, 2.75) is 39.2 Å². The smallest absolute Gasteiger partial charge is 0.296 e. The number of aryl methyl sites for hydroxylation is 2. The summed E-state index contributed by atoms with van der Waals surface area (Å²) in [5, 5.41) is 21.1. The molecule has 46 nitrogen and oxygen atoms in total. The summed E-state index contributed by atoms with van der Waals surface area (Å²) in [7, 11) is -40.0. The second kappa shape index (κ2) is 33.7. The zero-order valence-electron chi connectivity index (χ0n) is 67.3. The Labute approximate surface area is 754 Å². The average molecular weight is 1980 g/mol. The summed E-state index contributed by atoms with van der Waals surface area (Å²) in [6.07, 6.45) is 0. The summed E-state index contributed by atoms with van der Waals surface area (Å²) in [6, 6.07) is 34.6. The Bertz CT molecular complexity index is 8270. The van der Waals surface area contributed by atoms with Crippen LogP contribution in [0.4, 0.5) is 81.2 Å². The van der Waals surface area contributed by atoms with Crippen LogP contribution < -0.4 is 53.7 Å². The third-order valence-electron chi connectivity index (χ3n) is 20.7. The highest BCUT2D eigenvalue weighted by Gasteiger charge is 2.39. The van der Waals surface area contributed by atoms with Gasteiger partial charge in [-0.15, -0.1) is 0 Å². The van der Waals surface area contributed by atoms with Crippen molar-refractivity contribution in [3.8, 4) is 22.3 Å². The lowest BCUT2D eigenvalue weighted by Crippen LogP contribution is -2.29. The fraction of sp³-hybridized carbons (Fsp3) is 0.0500. The molecular weight excluding hydrogens is 1920 g/mol. The first-order chi connectivity index (χ1) is 62.8. The van der Waals surface area contributed by atoms with Gasteiger partial charge in [0.2, 0.25) is 35.7 Å². The van der Waals surface area contributed by atoms with Crippen LogP contribution in [0.1, 0.15) is 63.7 Å². The van der Waals surface area contributed by atoms with Crippen molar-refractivity contribution in [2.24, 2.45) is 14.1 Å². The highest BCUT2D eigenvalue weighted by molar-refractivity contribution is 7.88. The summed E-state index contributed by atoms with van der Waals surface area (Å²) < 4.78 is 292. The lowest BCUT2D eigenvalue weighted by Gasteiger charge is -2.26. The van der Waals surface area contributed by atoms with Crippen LogP contribution >= 0.6 is 0 Å². The van der Waals surface area contributed by atoms with Crippen molar-refractivity contribution in [1.29, 1.82) is 0 Å². The predicted octanol–water partition coefficient (Wildman–Crippen LogP) is 8.60. The van der Waals surface area contributed by atoms with Crippen molar-refractivity contribution in [2.75, 3.05) is 55.6 Å². The number of hydrogen-bond acceptors (Lipinski definition) is 36. The maximum Gasteiger partial charge on any atom is 0.296 e. The number of ketones is 4. The highest BCUT2D eigenvalue weighted by atomic mass is 32.2. The molecule has 54 heteroatoms. The van der Waals surface area contributed by atoms with Gasteiger partial charge >= 0.3 is 0 Å². The van der Waals surface area contributed by atoms with E-state index in [0.717, 1.165) is 94.1 Å². The first-order valence-electron chi connectivity index (χ1n) is 37.7. The number of anilines is 14. The van der Waals surface area contributed by atoms with Gasteiger partial charge < -0.3 is 51.7 Å². The zero-order valence-corrected chi connectivity index (χ0v) is 73.8. The van der Waals surface area contributed by atoms with Gasteiger partial charge in [-0.05, 0) is 120 Å². The molecule has 2 aliphatic rings. The third kappa shape index (κ3) is 18.0. The molecule has 0 spiro atoms. The molecule has 0 saturated carbocycles. The highest BCUT2D eigenvalue weighted by Crippen LogP contribution is 2.49. The molecule has 686 valence electrons. The van der Waals surface area contributed by atoms with E-state index >= 15 is 9.59 Å². The van der Waals surface area contributed by atoms with Gasteiger partial charge in [-0.2, -0.15) is 97.2 Å². The van der Waals surface area contributed by atoms with Gasteiger partial charge in [-0.3, -0.25) is 65.2 Å². The quantitative estimate of drug-likeness (QED) is 0.0118. The van der Waals surface area contributed by atoms with Crippen molar-refractivity contribution in [3.63, 3.8) is 0 Å². The number of nitrogens with one attached hydrogen (secondary N) is 8. The van der Waals surface area contributed by atoms with E-state index in [1.165, 1.54) is 99.0 Å². The van der Waals surface area contributed by atoms with Gasteiger partial charge in [-0.25, -0.2) is 0 Å². The molecule has 14 aromatic rings. The number of carbonyl (C=O) groups excluding carboxylic acids is 4. The van der Waals surface area contributed by atoms with E-state index in [-0.39, 0.29) is 90.1 Å². The van der Waals surface area contributed by atoms with Crippen LogP contribution in [-0.2, 0) is 95.0 Å². The number of hydrogen-bond donors (Lipinski definition) is 16. The molecule has 10 aromatic carbocycles. The molecule has 4 heterocycles. The van der Waals surface area contributed by atoms with Crippen molar-refractivity contribution < 1.29 is 123 Å². The van der Waals surface area contributed by atoms with Crippen LogP contribution in [0, 0.1) is 0 Å². The molecule has 0 atom stereocenters. The molecule has 0 bridgehead atoms. The SMILES string of the molecule is Cn1c(=O)c(C(=O)c2cccc(S(=O)(=O)O)c2)c2c3c(c(Nc4cc(Nc5nc(NCCNc6nc(Nc7cccc(S(=O)(=O)O)c7)nc(Nc7cc(Nc8ccc9c%10c8C(=O)c8ccccc8-c%10c(C(=O)c8cccc(S(=O)(=O)O)c8)c(=O)n9C)c(S(=O)(=O)O)cc7S(=O)(=O)O)n6)nc(Nc6cccc(S(=O)(=O)O)c6)n5)c(S(=O)(=O)O)cc4S(=O)(=O)O)ccc31)C(=O)c1ccccc1-2. The van der Waals surface area contributed by atoms with Crippen LogP contribution in [0.15, 0.2) is 243 Å². The van der Waals surface area contributed by atoms with E-state index in [1.54, 1.807) is 0 Å². The summed E-state index contributed by atoms with van der Waals surface area (Å²) in [5.41, 5.74) is -10.0. The monoisotopic (exact) mass is 1980 g/mol. The topological polar surface area (TPSA) is 721 Å². The van der Waals surface area contributed by atoms with Gasteiger partial charge in [0.1, 0.15) is 19.6 Å². The van der Waals surface area contributed by atoms with Crippen LogP contribution in [0.25, 0.3) is 44.1 Å². The van der Waals surface area contributed by atoms with Crippen LogP contribution in [0.5, 0.6) is 0 Å². The summed E-state index contributed by atoms with van der Waals surface area (Å²) in [5.74, 6) is -7.71. The number of benzene rings is 10. The van der Waals surface area contributed by atoms with E-state index in [0.29, 0.717) is 12.1 Å². The lowest BCUT2D eigenvalue weighted by atomic mass is 9.80. The molecule has 0 unspecified atom stereocenters. The molecule has 16 N–H and O–H groups in total. The van der Waals surface area contributed by atoms with E-state index in [2.05, 4.69) is 72.4 Å². The molecule has 0 fully saturated rings. The predicted molar refractivity (Wildman–Crippen MR) is 476 cm³/mol. The molecule has 0 saturated heterocycles. The third-order valence-corrected chi connectivity index (χ3v) is 27.7. The Morgan fingerprint density at radius 3 is 0.903 bits per heavy atom. The molecule has 0 radical (unpaired) electrons. The van der Waals surface area contributed by atoms with E-state index in [4.69, 9.17) is 0 Å². The summed E-state index contributed by atoms with van der Waals surface area (Å²) in [6.45, 7) is -0.896. The number of fused-ring (bicyclic) bond motifs is 4. The summed E-state index contributed by atoms with van der Waals surface area (Å²) >= 11 is 0. The van der Waals surface area contributed by atoms with Crippen molar-refractivity contribution in [1.82, 2.24) is 39.0 Å². The largest absolute Gasteiger partial charge is 0.354 e. The van der Waals surface area contributed by atoms with Gasteiger partial charge in [-0.1, -0.05) is 84.9 Å². The minimum absolute atomic E-state index is 0.00625. The second-order valence-electron chi connectivity index (χ2n) is 29.2. The van der Waals surface area contributed by atoms with Crippen LogP contribution in [0.2, 0.25) is 0 Å². The first-order valence-corrected chi connectivity index (χ1v) is 49.3. The van der Waals surface area contributed by atoms with E-state index in [9.17, 15) is 123 Å². The van der Waals surface area contributed by atoms with Gasteiger partial charge in [0.05, 0.1) is 87.0 Å². The number of aromatic nitrogens is 8.